The lowest BCUT2D eigenvalue weighted by Gasteiger charge is -2.34. The maximum atomic E-state index is 12.7. The Morgan fingerprint density at radius 1 is 1.33 bits per heavy atom. The quantitative estimate of drug-likeness (QED) is 0.867. The molecule has 1 aromatic rings. The SMILES string of the molecule is CCN(CC)C(=O)C1CCCN(c2ncc(C)c(NC3CC3)n2)C1. The zero-order valence-corrected chi connectivity index (χ0v) is 15.1. The van der Waals surface area contributed by atoms with E-state index >= 15 is 0 Å². The van der Waals surface area contributed by atoms with Gasteiger partial charge in [0.1, 0.15) is 5.82 Å². The lowest BCUT2D eigenvalue weighted by atomic mass is 9.96. The second kappa shape index (κ2) is 7.36. The molecule has 1 N–H and O–H groups in total. The molecule has 1 saturated carbocycles. The second-order valence-corrected chi connectivity index (χ2v) is 6.92. The van der Waals surface area contributed by atoms with Crippen molar-refractivity contribution in [2.75, 3.05) is 36.4 Å². The van der Waals surface area contributed by atoms with Crippen molar-refractivity contribution in [1.82, 2.24) is 14.9 Å². The summed E-state index contributed by atoms with van der Waals surface area (Å²) in [4.78, 5) is 26.0. The van der Waals surface area contributed by atoms with E-state index in [0.717, 1.165) is 56.4 Å². The van der Waals surface area contributed by atoms with E-state index in [1.165, 1.54) is 12.8 Å². The first kappa shape index (κ1) is 17.0. The van der Waals surface area contributed by atoms with E-state index in [1.54, 1.807) is 0 Å². The fourth-order valence-corrected chi connectivity index (χ4v) is 3.31. The molecule has 1 atom stereocenters. The molecule has 24 heavy (non-hydrogen) atoms. The summed E-state index contributed by atoms with van der Waals surface area (Å²) in [6.45, 7) is 9.33. The van der Waals surface area contributed by atoms with Crippen LogP contribution in [0.1, 0.15) is 45.1 Å². The number of hydrogen-bond acceptors (Lipinski definition) is 5. The summed E-state index contributed by atoms with van der Waals surface area (Å²) < 4.78 is 0. The molecule has 132 valence electrons. The van der Waals surface area contributed by atoms with Crippen LogP contribution in [-0.4, -0.2) is 53.0 Å². The number of hydrogen-bond donors (Lipinski definition) is 1. The van der Waals surface area contributed by atoms with Gasteiger partial charge in [-0.25, -0.2) is 4.98 Å². The Bertz CT molecular complexity index is 583. The van der Waals surface area contributed by atoms with Gasteiger partial charge in [-0.15, -0.1) is 0 Å². The summed E-state index contributed by atoms with van der Waals surface area (Å²) in [6.07, 6.45) is 6.32. The lowest BCUT2D eigenvalue weighted by Crippen LogP contribution is -2.45. The molecule has 1 aliphatic carbocycles. The molecule has 1 saturated heterocycles. The van der Waals surface area contributed by atoms with Gasteiger partial charge in [0.05, 0.1) is 5.92 Å². The van der Waals surface area contributed by atoms with Crippen molar-refractivity contribution in [3.63, 3.8) is 0 Å². The highest BCUT2D eigenvalue weighted by molar-refractivity contribution is 5.79. The molecule has 0 radical (unpaired) electrons. The van der Waals surface area contributed by atoms with Gasteiger partial charge in [-0.05, 0) is 46.5 Å². The number of piperidine rings is 1. The third-order valence-electron chi connectivity index (χ3n) is 5.01. The van der Waals surface area contributed by atoms with Crippen molar-refractivity contribution >= 4 is 17.7 Å². The van der Waals surface area contributed by atoms with Crippen molar-refractivity contribution in [2.45, 2.75) is 52.5 Å². The zero-order valence-electron chi connectivity index (χ0n) is 15.1. The van der Waals surface area contributed by atoms with Crippen LogP contribution in [0.3, 0.4) is 0 Å². The Morgan fingerprint density at radius 3 is 2.75 bits per heavy atom. The number of nitrogens with zero attached hydrogens (tertiary/aromatic N) is 4. The number of amides is 1. The van der Waals surface area contributed by atoms with Gasteiger partial charge in [0.15, 0.2) is 0 Å². The minimum Gasteiger partial charge on any atom is -0.367 e. The van der Waals surface area contributed by atoms with Crippen LogP contribution >= 0.6 is 0 Å². The van der Waals surface area contributed by atoms with E-state index in [-0.39, 0.29) is 11.8 Å². The van der Waals surface area contributed by atoms with Gasteiger partial charge in [-0.2, -0.15) is 4.98 Å². The van der Waals surface area contributed by atoms with Crippen LogP contribution in [0.2, 0.25) is 0 Å². The second-order valence-electron chi connectivity index (χ2n) is 6.92. The Labute approximate surface area is 144 Å². The van der Waals surface area contributed by atoms with Crippen molar-refractivity contribution in [3.05, 3.63) is 11.8 Å². The van der Waals surface area contributed by atoms with E-state index in [9.17, 15) is 4.79 Å². The maximum Gasteiger partial charge on any atom is 0.227 e. The van der Waals surface area contributed by atoms with Gasteiger partial charge in [0.2, 0.25) is 11.9 Å². The van der Waals surface area contributed by atoms with Gasteiger partial charge in [0.25, 0.3) is 0 Å². The van der Waals surface area contributed by atoms with E-state index in [1.807, 2.05) is 31.9 Å². The van der Waals surface area contributed by atoms with Crippen molar-refractivity contribution in [2.24, 2.45) is 5.92 Å². The standard InChI is InChI=1S/C18H29N5O/c1-4-22(5-2)17(24)14-7-6-10-23(12-14)18-19-11-13(3)16(21-18)20-15-8-9-15/h11,14-15H,4-10,12H2,1-3H3,(H,19,20,21). The summed E-state index contributed by atoms with van der Waals surface area (Å²) in [5.74, 6) is 2.03. The third-order valence-corrected chi connectivity index (χ3v) is 5.01. The van der Waals surface area contributed by atoms with Crippen LogP contribution in [0.25, 0.3) is 0 Å². The Morgan fingerprint density at radius 2 is 2.08 bits per heavy atom. The number of nitrogens with one attached hydrogen (secondary N) is 1. The molecule has 2 fully saturated rings. The molecule has 2 heterocycles. The van der Waals surface area contributed by atoms with E-state index < -0.39 is 0 Å². The molecule has 6 heteroatoms. The molecule has 0 aromatic carbocycles. The average Bonchev–Trinajstić information content (AvgIpc) is 3.42. The monoisotopic (exact) mass is 331 g/mol. The fourth-order valence-electron chi connectivity index (χ4n) is 3.31. The highest BCUT2D eigenvalue weighted by atomic mass is 16.2. The number of carbonyl (C=O) groups is 1. The topological polar surface area (TPSA) is 61.4 Å². The van der Waals surface area contributed by atoms with Crippen LogP contribution in [0.4, 0.5) is 11.8 Å². The van der Waals surface area contributed by atoms with E-state index in [0.29, 0.717) is 6.04 Å². The van der Waals surface area contributed by atoms with Crippen LogP contribution in [0.5, 0.6) is 0 Å². The normalized spacial score (nSPS) is 20.8. The van der Waals surface area contributed by atoms with Crippen LogP contribution < -0.4 is 10.2 Å². The predicted octanol–water partition coefficient (Wildman–Crippen LogP) is 2.44. The molecule has 1 unspecified atom stereocenters. The average molecular weight is 331 g/mol. The molecule has 6 nitrogen and oxygen atoms in total. The Balaban J connectivity index is 1.71. The minimum absolute atomic E-state index is 0.0587. The molecule has 3 rings (SSSR count). The number of carbonyl (C=O) groups excluding carboxylic acids is 1. The largest absolute Gasteiger partial charge is 0.367 e. The van der Waals surface area contributed by atoms with Crippen molar-refractivity contribution < 1.29 is 4.79 Å². The summed E-state index contributed by atoms with van der Waals surface area (Å²) in [6, 6.07) is 0.574. The van der Waals surface area contributed by atoms with Gasteiger partial charge in [-0.3, -0.25) is 4.79 Å². The van der Waals surface area contributed by atoms with E-state index in [2.05, 4.69) is 15.2 Å². The van der Waals surface area contributed by atoms with Gasteiger partial charge >= 0.3 is 0 Å². The van der Waals surface area contributed by atoms with Crippen molar-refractivity contribution in [1.29, 1.82) is 0 Å². The first-order valence-electron chi connectivity index (χ1n) is 9.26. The van der Waals surface area contributed by atoms with Gasteiger partial charge in [0, 0.05) is 44.0 Å². The van der Waals surface area contributed by atoms with Gasteiger partial charge in [-0.1, -0.05) is 0 Å². The highest BCUT2D eigenvalue weighted by Crippen LogP contribution is 2.27. The maximum absolute atomic E-state index is 12.7. The van der Waals surface area contributed by atoms with Crippen molar-refractivity contribution in [3.8, 4) is 0 Å². The van der Waals surface area contributed by atoms with Crippen LogP contribution in [-0.2, 0) is 4.79 Å². The first-order chi connectivity index (χ1) is 11.6. The zero-order chi connectivity index (χ0) is 17.1. The molecule has 1 amide bonds. The number of aromatic nitrogens is 2. The summed E-state index contributed by atoms with van der Waals surface area (Å²) in [7, 11) is 0. The first-order valence-corrected chi connectivity index (χ1v) is 9.26. The summed E-state index contributed by atoms with van der Waals surface area (Å²) >= 11 is 0. The molecule has 1 aliphatic heterocycles. The van der Waals surface area contributed by atoms with E-state index in [4.69, 9.17) is 4.98 Å². The molecule has 2 aliphatic rings. The minimum atomic E-state index is 0.0587. The van der Waals surface area contributed by atoms with Crippen LogP contribution in [0, 0.1) is 12.8 Å². The summed E-state index contributed by atoms with van der Waals surface area (Å²) in [5, 5.41) is 3.48. The Kier molecular flexibility index (Phi) is 5.21. The predicted molar refractivity (Wildman–Crippen MR) is 96.3 cm³/mol. The number of anilines is 2. The highest BCUT2D eigenvalue weighted by Gasteiger charge is 2.30. The fraction of sp³-hybridized carbons (Fsp3) is 0.722. The molecule has 0 spiro atoms. The summed E-state index contributed by atoms with van der Waals surface area (Å²) in [5.41, 5.74) is 1.08. The molecular formula is C18H29N5O. The third kappa shape index (κ3) is 3.79. The molecule has 0 bridgehead atoms. The number of rotatable bonds is 6. The smallest absolute Gasteiger partial charge is 0.227 e. The Hall–Kier alpha value is -1.85. The van der Waals surface area contributed by atoms with Gasteiger partial charge < -0.3 is 15.1 Å². The molecular weight excluding hydrogens is 302 g/mol. The lowest BCUT2D eigenvalue weighted by molar-refractivity contribution is -0.135. The van der Waals surface area contributed by atoms with Crippen LogP contribution in [0.15, 0.2) is 6.20 Å². The molecule has 1 aromatic heterocycles. The number of aryl methyl sites for hydroxylation is 1.